The summed E-state index contributed by atoms with van der Waals surface area (Å²) >= 11 is 3.33. The third-order valence-electron chi connectivity index (χ3n) is 4.55. The van der Waals surface area contributed by atoms with Crippen molar-refractivity contribution in [2.75, 3.05) is 33.2 Å². The van der Waals surface area contributed by atoms with Gasteiger partial charge < -0.3 is 24.1 Å². The van der Waals surface area contributed by atoms with E-state index in [-0.39, 0.29) is 25.1 Å². The van der Waals surface area contributed by atoms with E-state index in [0.29, 0.717) is 25.9 Å². The first-order chi connectivity index (χ1) is 13.0. The molecule has 2 aliphatic heterocycles. The van der Waals surface area contributed by atoms with E-state index in [9.17, 15) is 19.5 Å². The molecule has 11 heteroatoms. The van der Waals surface area contributed by atoms with Crippen LogP contribution in [0.25, 0.3) is 0 Å². The molecular formula is C17H28BBrN2O7. The molecule has 0 spiro atoms. The summed E-state index contributed by atoms with van der Waals surface area (Å²) in [5, 5.41) is 10.7. The second-order valence-electron chi connectivity index (χ2n) is 8.26. The molecular weight excluding hydrogens is 435 g/mol. The lowest BCUT2D eigenvalue weighted by Crippen LogP contribution is -2.52. The van der Waals surface area contributed by atoms with Crippen molar-refractivity contribution in [1.82, 2.24) is 9.80 Å². The fourth-order valence-electron chi connectivity index (χ4n) is 3.16. The zero-order valence-corrected chi connectivity index (χ0v) is 18.3. The number of carbonyl (C=O) groups excluding carboxylic acids is 3. The lowest BCUT2D eigenvalue weighted by Gasteiger charge is -2.36. The van der Waals surface area contributed by atoms with Gasteiger partial charge in [-0.25, -0.2) is 4.79 Å². The van der Waals surface area contributed by atoms with Crippen molar-refractivity contribution >= 4 is 41.1 Å². The van der Waals surface area contributed by atoms with Gasteiger partial charge in [-0.3, -0.25) is 14.5 Å². The van der Waals surface area contributed by atoms with Gasteiger partial charge in [0.2, 0.25) is 0 Å². The van der Waals surface area contributed by atoms with E-state index in [1.165, 1.54) is 4.90 Å². The third-order valence-corrected chi connectivity index (χ3v) is 5.53. The van der Waals surface area contributed by atoms with Crippen molar-refractivity contribution in [1.29, 1.82) is 0 Å². The SMILES string of the molecule is CN1CC(=O)OB([C@@H](Br)[C@@H](O)C2CCN(C(=O)OC(C)(C)C)CC2)OC(=O)C1. The van der Waals surface area contributed by atoms with Gasteiger partial charge in [0.15, 0.2) is 0 Å². The number of carbonyl (C=O) groups is 3. The number of piperidine rings is 1. The molecule has 0 saturated carbocycles. The normalized spacial score (nSPS) is 22.6. The minimum Gasteiger partial charge on any atom is -0.497 e. The van der Waals surface area contributed by atoms with Gasteiger partial charge in [0, 0.05) is 13.1 Å². The molecule has 9 nitrogen and oxygen atoms in total. The van der Waals surface area contributed by atoms with Crippen LogP contribution in [0.2, 0.25) is 0 Å². The number of amides is 1. The largest absolute Gasteiger partial charge is 0.615 e. The molecule has 0 aromatic carbocycles. The third kappa shape index (κ3) is 6.63. The van der Waals surface area contributed by atoms with Gasteiger partial charge in [-0.2, -0.15) is 0 Å². The Morgan fingerprint density at radius 2 is 1.71 bits per heavy atom. The summed E-state index contributed by atoms with van der Waals surface area (Å²) in [5.41, 5.74) is -0.561. The molecule has 2 rings (SSSR count). The van der Waals surface area contributed by atoms with Gasteiger partial charge in [0.05, 0.1) is 19.2 Å². The predicted molar refractivity (Wildman–Crippen MR) is 105 cm³/mol. The summed E-state index contributed by atoms with van der Waals surface area (Å²) in [4.78, 5) is 39.0. The maximum absolute atomic E-state index is 12.2. The molecule has 1 N–H and O–H groups in total. The Morgan fingerprint density at radius 3 is 2.18 bits per heavy atom. The molecule has 2 atom stereocenters. The van der Waals surface area contributed by atoms with Crippen LogP contribution >= 0.6 is 15.9 Å². The topological polar surface area (TPSA) is 106 Å². The second-order valence-corrected chi connectivity index (χ2v) is 9.32. The van der Waals surface area contributed by atoms with Crippen molar-refractivity contribution in [3.63, 3.8) is 0 Å². The number of ether oxygens (including phenoxy) is 1. The molecule has 2 saturated heterocycles. The highest BCUT2D eigenvalue weighted by molar-refractivity contribution is 9.10. The van der Waals surface area contributed by atoms with E-state index in [4.69, 9.17) is 14.0 Å². The Morgan fingerprint density at radius 1 is 1.21 bits per heavy atom. The fourth-order valence-corrected chi connectivity index (χ4v) is 3.80. The molecule has 0 aliphatic carbocycles. The van der Waals surface area contributed by atoms with Crippen LogP contribution in [0.15, 0.2) is 0 Å². The van der Waals surface area contributed by atoms with Crippen LogP contribution in [-0.2, 0) is 23.6 Å². The Kier molecular flexibility index (Phi) is 7.75. The number of likely N-dealkylation sites (N-methyl/N-ethyl adjacent to an activating group) is 1. The average Bonchev–Trinajstić information content (AvgIpc) is 2.57. The number of rotatable bonds is 3. The molecule has 0 radical (unpaired) electrons. The summed E-state index contributed by atoms with van der Waals surface area (Å²) in [6.07, 6.45) is -0.175. The number of hydrogen-bond donors (Lipinski definition) is 1. The number of likely N-dealkylation sites (tertiary alicyclic amines) is 1. The lowest BCUT2D eigenvalue weighted by atomic mass is 9.75. The van der Waals surface area contributed by atoms with Gasteiger partial charge >= 0.3 is 25.2 Å². The van der Waals surface area contributed by atoms with Gasteiger partial charge in [-0.15, -0.1) is 0 Å². The molecule has 2 fully saturated rings. The van der Waals surface area contributed by atoms with Crippen LogP contribution in [0.5, 0.6) is 0 Å². The first-order valence-electron chi connectivity index (χ1n) is 9.34. The van der Waals surface area contributed by atoms with E-state index in [1.807, 2.05) is 20.8 Å². The zero-order valence-electron chi connectivity index (χ0n) is 16.7. The van der Waals surface area contributed by atoms with Gasteiger partial charge in [0.1, 0.15) is 10.3 Å². The second kappa shape index (κ2) is 9.45. The lowest BCUT2D eigenvalue weighted by molar-refractivity contribution is -0.146. The molecule has 1 amide bonds. The van der Waals surface area contributed by atoms with Crippen LogP contribution in [0.1, 0.15) is 33.6 Å². The standard InChI is InChI=1S/C17H28BBrN2O7/c1-17(2,3)26-16(25)21-7-5-11(6-8-21)14(24)15(19)18-27-12(22)9-20(4)10-13(23)28-18/h11,14-15,24H,5-10H2,1-4H3/t14-,15-/m0/s1. The minimum atomic E-state index is -1.20. The van der Waals surface area contributed by atoms with Gasteiger partial charge in [-0.1, -0.05) is 15.9 Å². The summed E-state index contributed by atoms with van der Waals surface area (Å²) in [6, 6.07) is 0. The van der Waals surface area contributed by atoms with Crippen molar-refractivity contribution < 1.29 is 33.5 Å². The first kappa shape index (κ1) is 23.0. The van der Waals surface area contributed by atoms with E-state index in [0.717, 1.165) is 0 Å². The van der Waals surface area contributed by atoms with E-state index >= 15 is 0 Å². The Bertz CT molecular complexity index is 573. The number of hydrogen-bond acceptors (Lipinski definition) is 8. The molecule has 0 aromatic heterocycles. The summed E-state index contributed by atoms with van der Waals surface area (Å²) in [6.45, 7) is 6.27. The summed E-state index contributed by atoms with van der Waals surface area (Å²) in [5.74, 6) is -1.21. The van der Waals surface area contributed by atoms with Crippen LogP contribution < -0.4 is 0 Å². The van der Waals surface area contributed by atoms with Crippen LogP contribution in [-0.4, -0.2) is 89.7 Å². The highest BCUT2D eigenvalue weighted by atomic mass is 79.9. The number of alkyl halides is 1. The molecule has 0 unspecified atom stereocenters. The highest BCUT2D eigenvalue weighted by Crippen LogP contribution is 2.28. The van der Waals surface area contributed by atoms with E-state index < -0.39 is 35.5 Å². The number of aliphatic hydroxyl groups excluding tert-OH is 1. The average molecular weight is 463 g/mol. The van der Waals surface area contributed by atoms with Crippen molar-refractivity contribution in [2.24, 2.45) is 5.92 Å². The first-order valence-corrected chi connectivity index (χ1v) is 10.3. The van der Waals surface area contributed by atoms with E-state index in [2.05, 4.69) is 15.9 Å². The molecule has 0 bridgehead atoms. The van der Waals surface area contributed by atoms with Gasteiger partial charge in [0.25, 0.3) is 0 Å². The van der Waals surface area contributed by atoms with E-state index in [1.54, 1.807) is 11.9 Å². The Hall–Kier alpha value is -1.33. The van der Waals surface area contributed by atoms with Gasteiger partial charge in [-0.05, 0) is 46.6 Å². The summed E-state index contributed by atoms with van der Waals surface area (Å²) in [7, 11) is 0.412. The highest BCUT2D eigenvalue weighted by Gasteiger charge is 2.45. The smallest absolute Gasteiger partial charge is 0.497 e. The maximum atomic E-state index is 12.2. The molecule has 0 aromatic rings. The monoisotopic (exact) mass is 462 g/mol. The molecule has 28 heavy (non-hydrogen) atoms. The number of aliphatic hydroxyl groups is 1. The Balaban J connectivity index is 1.91. The quantitative estimate of drug-likeness (QED) is 0.485. The van der Waals surface area contributed by atoms with Crippen molar-refractivity contribution in [3.05, 3.63) is 0 Å². The molecule has 158 valence electrons. The predicted octanol–water partition coefficient (Wildman–Crippen LogP) is 0.817. The number of halogens is 1. The van der Waals surface area contributed by atoms with Crippen LogP contribution in [0, 0.1) is 5.92 Å². The fraction of sp³-hybridized carbons (Fsp3) is 0.824. The number of nitrogens with zero attached hydrogens (tertiary/aromatic N) is 2. The Labute approximate surface area is 173 Å². The zero-order chi connectivity index (χ0) is 21.1. The van der Waals surface area contributed by atoms with Crippen molar-refractivity contribution in [2.45, 2.75) is 50.0 Å². The van der Waals surface area contributed by atoms with Crippen LogP contribution in [0.4, 0.5) is 4.79 Å². The molecule has 2 aliphatic rings. The van der Waals surface area contributed by atoms with Crippen molar-refractivity contribution in [3.8, 4) is 0 Å². The summed E-state index contributed by atoms with van der Waals surface area (Å²) < 4.78 is 15.0. The maximum Gasteiger partial charge on any atom is 0.615 e. The molecule has 2 heterocycles. The van der Waals surface area contributed by atoms with Crippen LogP contribution in [0.3, 0.4) is 0 Å². The minimum absolute atomic E-state index is 0.0321.